The zero-order valence-corrected chi connectivity index (χ0v) is 25.0. The number of aryl methyl sites for hydroxylation is 2. The number of nitrogens with two attached hydrogens (primary N) is 1. The average Bonchev–Trinajstić information content (AvgIpc) is 3.59. The average molecular weight is 581 g/mol. The Morgan fingerprint density at radius 2 is 1.05 bits per heavy atom. The van der Waals surface area contributed by atoms with Crippen molar-refractivity contribution in [2.45, 2.75) is 50.6 Å². The SMILES string of the molecule is CC(c1ccccc1)N(C(=O)[C@H]1c2[nH]c3ccccc3c2CCc2c([nH]c3ccccc23)[C@@H]1C(N)=O)[C@@H](C)c1ccccc1. The third kappa shape index (κ3) is 4.58. The zero-order chi connectivity index (χ0) is 30.4. The summed E-state index contributed by atoms with van der Waals surface area (Å²) in [5, 5.41) is 2.14. The van der Waals surface area contributed by atoms with Crippen molar-refractivity contribution in [2.75, 3.05) is 0 Å². The van der Waals surface area contributed by atoms with E-state index in [9.17, 15) is 4.79 Å². The third-order valence-corrected chi connectivity index (χ3v) is 9.50. The van der Waals surface area contributed by atoms with Gasteiger partial charge in [-0.3, -0.25) is 9.59 Å². The third-order valence-electron chi connectivity index (χ3n) is 9.50. The number of aromatic nitrogens is 2. The summed E-state index contributed by atoms with van der Waals surface area (Å²) >= 11 is 0. The van der Waals surface area contributed by atoms with Crippen LogP contribution in [0.3, 0.4) is 0 Å². The molecule has 6 heteroatoms. The van der Waals surface area contributed by atoms with E-state index < -0.39 is 17.7 Å². The van der Waals surface area contributed by atoms with Crippen LogP contribution in [-0.2, 0) is 22.4 Å². The van der Waals surface area contributed by atoms with Gasteiger partial charge in [0.2, 0.25) is 11.8 Å². The molecule has 0 radical (unpaired) electrons. The molecule has 1 aliphatic rings. The van der Waals surface area contributed by atoms with Crippen molar-refractivity contribution < 1.29 is 9.59 Å². The van der Waals surface area contributed by atoms with Gasteiger partial charge in [-0.25, -0.2) is 0 Å². The fourth-order valence-corrected chi connectivity index (χ4v) is 7.33. The van der Waals surface area contributed by atoms with Crippen LogP contribution in [-0.4, -0.2) is 26.7 Å². The Bertz CT molecular complexity index is 1930. The molecule has 1 aliphatic carbocycles. The molecule has 4 atom stereocenters. The first-order valence-electron chi connectivity index (χ1n) is 15.3. The molecule has 4 N–H and O–H groups in total. The number of H-pyrrole nitrogens is 2. The van der Waals surface area contributed by atoms with Crippen molar-refractivity contribution in [1.29, 1.82) is 0 Å². The number of nitrogens with one attached hydrogen (secondary N) is 2. The Morgan fingerprint density at radius 3 is 1.50 bits per heavy atom. The molecule has 0 saturated heterocycles. The summed E-state index contributed by atoms with van der Waals surface area (Å²) in [6, 6.07) is 35.9. The van der Waals surface area contributed by atoms with Crippen molar-refractivity contribution in [3.63, 3.8) is 0 Å². The highest BCUT2D eigenvalue weighted by molar-refractivity contribution is 5.98. The topological polar surface area (TPSA) is 95.0 Å². The number of fused-ring (bicyclic) bond motifs is 6. The molecule has 0 saturated carbocycles. The van der Waals surface area contributed by atoms with Crippen molar-refractivity contribution in [3.8, 4) is 0 Å². The summed E-state index contributed by atoms with van der Waals surface area (Å²) < 4.78 is 0. The molecule has 2 amide bonds. The van der Waals surface area contributed by atoms with Gasteiger partial charge in [0.1, 0.15) is 0 Å². The fourth-order valence-electron chi connectivity index (χ4n) is 7.33. The van der Waals surface area contributed by atoms with Crippen LogP contribution in [0.5, 0.6) is 0 Å². The first-order valence-corrected chi connectivity index (χ1v) is 15.3. The maximum Gasteiger partial charge on any atom is 0.233 e. The minimum absolute atomic E-state index is 0.138. The molecule has 2 heterocycles. The Hall–Kier alpha value is -5.10. The summed E-state index contributed by atoms with van der Waals surface area (Å²) in [7, 11) is 0. The molecule has 6 aromatic rings. The normalized spacial score (nSPS) is 17.7. The number of amides is 2. The molecule has 2 aromatic heterocycles. The van der Waals surface area contributed by atoms with Crippen LogP contribution in [0, 0.1) is 0 Å². The standard InChI is InChI=1S/C38H36N4O2/c1-23(25-13-5-3-6-14-25)42(24(2)26-15-7-4-8-16-26)38(44)34-33(37(39)43)35-29(27-17-9-11-19-31(27)40-35)21-22-30-28-18-10-12-20-32(28)41-36(30)34/h3-20,23-24,33-34,40-41H,21-22H2,1-2H3,(H2,39,43)/t23-,24?,33+,34+/m0/s1. The Balaban J connectivity index is 1.48. The van der Waals surface area contributed by atoms with Gasteiger partial charge in [0.25, 0.3) is 0 Å². The van der Waals surface area contributed by atoms with E-state index in [-0.39, 0.29) is 18.0 Å². The van der Waals surface area contributed by atoms with Gasteiger partial charge in [-0.2, -0.15) is 0 Å². The molecule has 0 aliphatic heterocycles. The van der Waals surface area contributed by atoms with Crippen molar-refractivity contribution >= 4 is 33.6 Å². The van der Waals surface area contributed by atoms with Gasteiger partial charge in [0.15, 0.2) is 0 Å². The molecule has 0 fully saturated rings. The van der Waals surface area contributed by atoms with E-state index in [2.05, 4.69) is 60.2 Å². The van der Waals surface area contributed by atoms with Gasteiger partial charge >= 0.3 is 0 Å². The molecule has 44 heavy (non-hydrogen) atoms. The van der Waals surface area contributed by atoms with Crippen LogP contribution in [0.15, 0.2) is 109 Å². The van der Waals surface area contributed by atoms with Gasteiger partial charge < -0.3 is 20.6 Å². The van der Waals surface area contributed by atoms with E-state index >= 15 is 4.79 Å². The summed E-state index contributed by atoms with van der Waals surface area (Å²) in [5.74, 6) is -2.42. The minimum Gasteiger partial charge on any atom is -0.369 e. The highest BCUT2D eigenvalue weighted by Crippen LogP contribution is 2.45. The maximum absolute atomic E-state index is 15.5. The quantitative estimate of drug-likeness (QED) is 0.191. The zero-order valence-electron chi connectivity index (χ0n) is 25.0. The van der Waals surface area contributed by atoms with Crippen molar-refractivity contribution in [2.24, 2.45) is 5.73 Å². The number of hydrogen-bond acceptors (Lipinski definition) is 2. The molecular weight excluding hydrogens is 544 g/mol. The summed E-state index contributed by atoms with van der Waals surface area (Å²) in [6.45, 7) is 4.13. The summed E-state index contributed by atoms with van der Waals surface area (Å²) in [5.41, 5.74) is 13.9. The van der Waals surface area contributed by atoms with E-state index in [1.165, 1.54) is 0 Å². The number of para-hydroxylation sites is 2. The summed E-state index contributed by atoms with van der Waals surface area (Å²) in [6.07, 6.45) is 1.45. The number of rotatable bonds is 6. The van der Waals surface area contributed by atoms with Crippen molar-refractivity contribution in [3.05, 3.63) is 143 Å². The van der Waals surface area contributed by atoms with Crippen molar-refractivity contribution in [1.82, 2.24) is 14.9 Å². The number of hydrogen-bond donors (Lipinski definition) is 3. The predicted molar refractivity (Wildman–Crippen MR) is 175 cm³/mol. The molecule has 0 spiro atoms. The number of carbonyl (C=O) groups excluding carboxylic acids is 2. The van der Waals surface area contributed by atoms with Gasteiger partial charge in [-0.1, -0.05) is 97.1 Å². The van der Waals surface area contributed by atoms with Crippen LogP contribution in [0.2, 0.25) is 0 Å². The second-order valence-electron chi connectivity index (χ2n) is 11.9. The monoisotopic (exact) mass is 580 g/mol. The Kier molecular flexibility index (Phi) is 7.05. The van der Waals surface area contributed by atoms with Crippen LogP contribution >= 0.6 is 0 Å². The minimum atomic E-state index is -0.898. The molecule has 0 bridgehead atoms. The molecule has 1 unspecified atom stereocenters. The van der Waals surface area contributed by atoms with Crippen LogP contribution in [0.4, 0.5) is 0 Å². The number of benzene rings is 4. The number of primary amides is 1. The Labute approximate surface area is 256 Å². The van der Waals surface area contributed by atoms with E-state index in [1.54, 1.807) is 0 Å². The fraction of sp³-hybridized carbons (Fsp3) is 0.211. The van der Waals surface area contributed by atoms with Gasteiger partial charge in [0, 0.05) is 33.2 Å². The molecule has 6 nitrogen and oxygen atoms in total. The maximum atomic E-state index is 15.5. The molecule has 220 valence electrons. The van der Waals surface area contributed by atoms with Gasteiger partial charge in [-0.15, -0.1) is 0 Å². The number of aromatic amines is 2. The molecular formula is C38H36N4O2. The Morgan fingerprint density at radius 1 is 0.636 bits per heavy atom. The van der Waals surface area contributed by atoms with E-state index in [4.69, 9.17) is 5.73 Å². The lowest BCUT2D eigenvalue weighted by Gasteiger charge is -2.39. The van der Waals surface area contributed by atoms with Gasteiger partial charge in [-0.05, 0) is 61.1 Å². The van der Waals surface area contributed by atoms with Crippen LogP contribution < -0.4 is 5.73 Å². The smallest absolute Gasteiger partial charge is 0.233 e. The highest BCUT2D eigenvalue weighted by Gasteiger charge is 2.45. The largest absolute Gasteiger partial charge is 0.369 e. The predicted octanol–water partition coefficient (Wildman–Crippen LogP) is 7.45. The van der Waals surface area contributed by atoms with E-state index in [0.29, 0.717) is 0 Å². The molecule has 4 aromatic carbocycles. The lowest BCUT2D eigenvalue weighted by molar-refractivity contribution is -0.140. The first-order chi connectivity index (χ1) is 21.4. The second-order valence-corrected chi connectivity index (χ2v) is 11.9. The van der Waals surface area contributed by atoms with E-state index in [0.717, 1.165) is 68.3 Å². The lowest BCUT2D eigenvalue weighted by Crippen LogP contribution is -2.44. The van der Waals surface area contributed by atoms with E-state index in [1.807, 2.05) is 77.7 Å². The van der Waals surface area contributed by atoms with Crippen LogP contribution in [0.1, 0.15) is 71.4 Å². The highest BCUT2D eigenvalue weighted by atomic mass is 16.2. The number of carbonyl (C=O) groups is 2. The number of nitrogens with zero attached hydrogens (tertiary/aromatic N) is 1. The first kappa shape index (κ1) is 27.7. The van der Waals surface area contributed by atoms with Gasteiger partial charge in [0.05, 0.1) is 23.9 Å². The second kappa shape index (κ2) is 11.2. The van der Waals surface area contributed by atoms with Crippen LogP contribution in [0.25, 0.3) is 21.8 Å². The lowest BCUT2D eigenvalue weighted by atomic mass is 9.78. The summed E-state index contributed by atoms with van der Waals surface area (Å²) in [4.78, 5) is 38.3. The molecule has 7 rings (SSSR count).